The summed E-state index contributed by atoms with van der Waals surface area (Å²) in [7, 11) is 0. The van der Waals surface area contributed by atoms with Crippen molar-refractivity contribution < 1.29 is 4.74 Å². The molecule has 0 fully saturated rings. The molecule has 0 saturated carbocycles. The first-order chi connectivity index (χ1) is 12.1. The predicted molar refractivity (Wildman–Crippen MR) is 108 cm³/mol. The van der Waals surface area contributed by atoms with E-state index in [0.717, 1.165) is 35.7 Å². The highest BCUT2D eigenvalue weighted by molar-refractivity contribution is 7.80. The number of hydrogen-bond acceptors (Lipinski definition) is 4. The quantitative estimate of drug-likeness (QED) is 0.432. The Morgan fingerprint density at radius 3 is 2.56 bits per heavy atom. The van der Waals surface area contributed by atoms with E-state index in [4.69, 9.17) is 22.7 Å². The fourth-order valence-corrected chi connectivity index (χ4v) is 2.49. The third-order valence-corrected chi connectivity index (χ3v) is 3.83. The number of rotatable bonds is 8. The molecular formula is C19H24N4OS. The van der Waals surface area contributed by atoms with E-state index in [2.05, 4.69) is 35.3 Å². The summed E-state index contributed by atoms with van der Waals surface area (Å²) < 4.78 is 6.05. The Hall–Kier alpha value is -2.60. The molecule has 25 heavy (non-hydrogen) atoms. The Morgan fingerprint density at radius 1 is 1.20 bits per heavy atom. The van der Waals surface area contributed by atoms with E-state index in [9.17, 15) is 0 Å². The summed E-state index contributed by atoms with van der Waals surface area (Å²) in [6.45, 7) is 6.63. The Balaban J connectivity index is 2.24. The number of nitrogens with zero attached hydrogens (tertiary/aromatic N) is 2. The van der Waals surface area contributed by atoms with Gasteiger partial charge < -0.3 is 15.4 Å². The van der Waals surface area contributed by atoms with Crippen molar-refractivity contribution in [1.82, 2.24) is 5.43 Å². The lowest BCUT2D eigenvalue weighted by atomic mass is 10.1. The second kappa shape index (κ2) is 9.64. The van der Waals surface area contributed by atoms with Crippen LogP contribution < -0.4 is 20.8 Å². The van der Waals surface area contributed by atoms with Crippen molar-refractivity contribution in [1.29, 1.82) is 0 Å². The maximum Gasteiger partial charge on any atom is 0.184 e. The van der Waals surface area contributed by atoms with Gasteiger partial charge >= 0.3 is 0 Å². The number of anilines is 1. The minimum atomic E-state index is 0.128. The second-order valence-corrected chi connectivity index (χ2v) is 5.84. The standard InChI is InChI=1S/C19H24N4OS/c1-3-23(4-2)17-11-10-16(13-21-22-19(20)25)18(12-17)24-14-15-8-6-5-7-9-15/h5-13H,3-4,14H2,1-2H3,(H3,20,22,25). The van der Waals surface area contributed by atoms with E-state index >= 15 is 0 Å². The number of nitrogens with one attached hydrogen (secondary N) is 1. The maximum absolute atomic E-state index is 6.05. The van der Waals surface area contributed by atoms with E-state index in [-0.39, 0.29) is 5.11 Å². The zero-order valence-corrected chi connectivity index (χ0v) is 15.4. The van der Waals surface area contributed by atoms with Gasteiger partial charge in [0.1, 0.15) is 12.4 Å². The molecule has 0 aromatic heterocycles. The smallest absolute Gasteiger partial charge is 0.184 e. The number of thiocarbonyl (C=S) groups is 1. The highest BCUT2D eigenvalue weighted by Gasteiger charge is 2.08. The predicted octanol–water partition coefficient (Wildman–Crippen LogP) is 3.28. The highest BCUT2D eigenvalue weighted by atomic mass is 32.1. The van der Waals surface area contributed by atoms with Crippen LogP contribution in [0.15, 0.2) is 53.6 Å². The van der Waals surface area contributed by atoms with E-state index < -0.39 is 0 Å². The molecule has 0 radical (unpaired) electrons. The van der Waals surface area contributed by atoms with Crippen LogP contribution in [0.2, 0.25) is 0 Å². The molecule has 0 amide bonds. The van der Waals surface area contributed by atoms with Crippen LogP contribution in [0.4, 0.5) is 5.69 Å². The van der Waals surface area contributed by atoms with Gasteiger partial charge in [-0.1, -0.05) is 30.3 Å². The van der Waals surface area contributed by atoms with Crippen molar-refractivity contribution in [3.63, 3.8) is 0 Å². The number of hydrogen-bond donors (Lipinski definition) is 2. The Kier molecular flexibility index (Phi) is 7.22. The molecule has 2 aromatic rings. The summed E-state index contributed by atoms with van der Waals surface area (Å²) in [6, 6.07) is 16.1. The average molecular weight is 356 g/mol. The summed E-state index contributed by atoms with van der Waals surface area (Å²) in [4.78, 5) is 2.27. The molecule has 2 rings (SSSR count). The SMILES string of the molecule is CCN(CC)c1ccc(C=NNC(N)=S)c(OCc2ccccc2)c1. The van der Waals surface area contributed by atoms with Crippen molar-refractivity contribution in [2.75, 3.05) is 18.0 Å². The average Bonchev–Trinajstić information content (AvgIpc) is 2.63. The fraction of sp³-hybridized carbons (Fsp3) is 0.263. The molecule has 6 heteroatoms. The highest BCUT2D eigenvalue weighted by Crippen LogP contribution is 2.26. The lowest BCUT2D eigenvalue weighted by Crippen LogP contribution is -2.24. The van der Waals surface area contributed by atoms with Crippen LogP contribution in [0.3, 0.4) is 0 Å². The molecule has 0 atom stereocenters. The van der Waals surface area contributed by atoms with Crippen molar-refractivity contribution in [2.45, 2.75) is 20.5 Å². The van der Waals surface area contributed by atoms with E-state index in [1.807, 2.05) is 42.5 Å². The van der Waals surface area contributed by atoms with Gasteiger partial charge in [0.05, 0.1) is 6.21 Å². The number of hydrazone groups is 1. The molecule has 2 aromatic carbocycles. The molecule has 132 valence electrons. The van der Waals surface area contributed by atoms with Crippen LogP contribution in [0.5, 0.6) is 5.75 Å². The summed E-state index contributed by atoms with van der Waals surface area (Å²) >= 11 is 4.76. The van der Waals surface area contributed by atoms with E-state index in [0.29, 0.717) is 6.61 Å². The van der Waals surface area contributed by atoms with Crippen LogP contribution in [-0.2, 0) is 6.61 Å². The zero-order valence-electron chi connectivity index (χ0n) is 14.6. The van der Waals surface area contributed by atoms with E-state index in [1.54, 1.807) is 6.21 Å². The van der Waals surface area contributed by atoms with Gasteiger partial charge in [-0.05, 0) is 43.8 Å². The van der Waals surface area contributed by atoms with Gasteiger partial charge in [0.15, 0.2) is 5.11 Å². The van der Waals surface area contributed by atoms with Crippen molar-refractivity contribution in [2.24, 2.45) is 10.8 Å². The molecule has 0 saturated heterocycles. The molecule has 0 unspecified atom stereocenters. The Morgan fingerprint density at radius 2 is 1.92 bits per heavy atom. The maximum atomic E-state index is 6.05. The number of ether oxygens (including phenoxy) is 1. The van der Waals surface area contributed by atoms with Crippen molar-refractivity contribution >= 4 is 29.2 Å². The molecule has 0 aliphatic heterocycles. The van der Waals surface area contributed by atoms with Crippen LogP contribution in [0.1, 0.15) is 25.0 Å². The molecule has 0 aliphatic rings. The molecule has 3 N–H and O–H groups in total. The molecule has 0 bridgehead atoms. The van der Waals surface area contributed by atoms with Gasteiger partial charge in [-0.25, -0.2) is 0 Å². The van der Waals surface area contributed by atoms with Crippen molar-refractivity contribution in [3.05, 3.63) is 59.7 Å². The van der Waals surface area contributed by atoms with Crippen LogP contribution in [-0.4, -0.2) is 24.4 Å². The largest absolute Gasteiger partial charge is 0.488 e. The Labute approximate surface area is 154 Å². The second-order valence-electron chi connectivity index (χ2n) is 5.40. The summed E-state index contributed by atoms with van der Waals surface area (Å²) in [5.74, 6) is 0.766. The number of nitrogens with two attached hydrogens (primary N) is 1. The first kappa shape index (κ1) is 18.7. The molecular weight excluding hydrogens is 332 g/mol. The molecule has 5 nitrogen and oxygen atoms in total. The summed E-state index contributed by atoms with van der Waals surface area (Å²) in [5.41, 5.74) is 11.1. The van der Waals surface area contributed by atoms with Gasteiger partial charge in [0, 0.05) is 30.4 Å². The third kappa shape index (κ3) is 5.76. The van der Waals surface area contributed by atoms with Gasteiger partial charge in [-0.15, -0.1) is 0 Å². The first-order valence-corrected chi connectivity index (χ1v) is 8.69. The molecule has 0 heterocycles. The normalized spacial score (nSPS) is 10.6. The molecule has 0 aliphatic carbocycles. The van der Waals surface area contributed by atoms with Gasteiger partial charge in [-0.2, -0.15) is 5.10 Å². The fourth-order valence-electron chi connectivity index (χ4n) is 2.44. The van der Waals surface area contributed by atoms with E-state index in [1.165, 1.54) is 0 Å². The molecule has 0 spiro atoms. The first-order valence-electron chi connectivity index (χ1n) is 8.28. The van der Waals surface area contributed by atoms with Gasteiger partial charge in [0.2, 0.25) is 0 Å². The van der Waals surface area contributed by atoms with Crippen LogP contribution in [0, 0.1) is 0 Å². The monoisotopic (exact) mass is 356 g/mol. The summed E-state index contributed by atoms with van der Waals surface area (Å²) in [5, 5.41) is 4.16. The topological polar surface area (TPSA) is 62.9 Å². The van der Waals surface area contributed by atoms with Gasteiger partial charge in [0.25, 0.3) is 0 Å². The van der Waals surface area contributed by atoms with Crippen LogP contribution in [0.25, 0.3) is 0 Å². The van der Waals surface area contributed by atoms with Crippen LogP contribution >= 0.6 is 12.2 Å². The number of benzene rings is 2. The van der Waals surface area contributed by atoms with Crippen molar-refractivity contribution in [3.8, 4) is 5.75 Å². The lowest BCUT2D eigenvalue weighted by molar-refractivity contribution is 0.306. The van der Waals surface area contributed by atoms with Gasteiger partial charge in [-0.3, -0.25) is 5.43 Å². The minimum Gasteiger partial charge on any atom is -0.488 e. The zero-order chi connectivity index (χ0) is 18.1. The summed E-state index contributed by atoms with van der Waals surface area (Å²) in [6.07, 6.45) is 1.66. The lowest BCUT2D eigenvalue weighted by Gasteiger charge is -2.22. The minimum absolute atomic E-state index is 0.128. The third-order valence-electron chi connectivity index (χ3n) is 3.74. The Bertz CT molecular complexity index is 715.